The second-order valence-electron chi connectivity index (χ2n) is 2.19. The summed E-state index contributed by atoms with van der Waals surface area (Å²) < 4.78 is 3.66. The average Bonchev–Trinajstić information content (AvgIpc) is 2.30. The molecule has 0 aromatic carbocycles. The Kier molecular flexibility index (Phi) is 2.09. The number of anilines is 1. The van der Waals surface area contributed by atoms with Gasteiger partial charge in [0.25, 0.3) is 5.91 Å². The maximum Gasteiger partial charge on any atom is 0.270 e. The number of carbonyl (C=O) groups is 2. The molecule has 1 heterocycles. The lowest BCUT2D eigenvalue weighted by Crippen LogP contribution is -2.13. The van der Waals surface area contributed by atoms with Crippen molar-refractivity contribution in [3.8, 4) is 0 Å². The van der Waals surface area contributed by atoms with Crippen LogP contribution in [-0.2, 0) is 0 Å². The molecule has 4 N–H and O–H groups in total. The molecule has 0 fully saturated rings. The van der Waals surface area contributed by atoms with Gasteiger partial charge >= 0.3 is 0 Å². The number of Topliss-reactive ketones (excluding diaryl/α,β-unsaturated/α-hetero) is 1. The summed E-state index contributed by atoms with van der Waals surface area (Å²) in [5.41, 5.74) is 10.4. The van der Waals surface area contributed by atoms with Crippen LogP contribution in [0.15, 0.2) is 0 Å². The van der Waals surface area contributed by atoms with Crippen molar-refractivity contribution in [2.45, 2.75) is 6.92 Å². The van der Waals surface area contributed by atoms with E-state index in [1.165, 1.54) is 6.92 Å². The summed E-state index contributed by atoms with van der Waals surface area (Å²) in [5, 5.41) is 0. The van der Waals surface area contributed by atoms with Crippen molar-refractivity contribution in [2.75, 3.05) is 5.73 Å². The zero-order valence-corrected chi connectivity index (χ0v) is 7.14. The molecule has 5 nitrogen and oxygen atoms in total. The van der Waals surface area contributed by atoms with Crippen molar-refractivity contribution in [2.24, 2.45) is 5.73 Å². The van der Waals surface area contributed by atoms with Gasteiger partial charge in [0.15, 0.2) is 11.5 Å². The van der Waals surface area contributed by atoms with Gasteiger partial charge in [-0.2, -0.15) is 4.37 Å². The van der Waals surface area contributed by atoms with Gasteiger partial charge in [-0.1, -0.05) is 0 Å². The Morgan fingerprint density at radius 2 is 2.08 bits per heavy atom. The third-order valence-corrected chi connectivity index (χ3v) is 2.24. The molecular weight excluding hydrogens is 178 g/mol. The molecule has 0 unspecified atom stereocenters. The van der Waals surface area contributed by atoms with Gasteiger partial charge in [-0.05, 0) is 11.5 Å². The van der Waals surface area contributed by atoms with Crippen molar-refractivity contribution < 1.29 is 9.59 Å². The molecule has 1 aromatic rings. The van der Waals surface area contributed by atoms with Crippen LogP contribution in [-0.4, -0.2) is 16.1 Å². The number of hydrogen-bond donors (Lipinski definition) is 2. The molecule has 1 aromatic heterocycles. The lowest BCUT2D eigenvalue weighted by atomic mass is 10.2. The zero-order chi connectivity index (χ0) is 9.30. The molecule has 1 rings (SSSR count). The van der Waals surface area contributed by atoms with Crippen molar-refractivity contribution in [1.29, 1.82) is 0 Å². The normalized spacial score (nSPS) is 9.75. The highest BCUT2D eigenvalue weighted by atomic mass is 32.1. The zero-order valence-electron chi connectivity index (χ0n) is 6.33. The summed E-state index contributed by atoms with van der Waals surface area (Å²) >= 11 is 0.887. The number of hydrogen-bond acceptors (Lipinski definition) is 5. The molecular formula is C6H7N3O2S. The van der Waals surface area contributed by atoms with Crippen LogP contribution >= 0.6 is 11.5 Å². The minimum Gasteiger partial charge on any atom is -0.395 e. The molecule has 0 spiro atoms. The van der Waals surface area contributed by atoms with Crippen LogP contribution in [0, 0.1) is 0 Å². The predicted octanol–water partition coefficient (Wildman–Crippen LogP) is 0.0268. The number of amides is 1. The number of nitrogen functional groups attached to an aromatic ring is 1. The Morgan fingerprint density at radius 3 is 2.33 bits per heavy atom. The lowest BCUT2D eigenvalue weighted by Gasteiger charge is -1.91. The Labute approximate surface area is 72.5 Å². The molecule has 0 aliphatic carbocycles. The van der Waals surface area contributed by atoms with Gasteiger partial charge in [-0.25, -0.2) is 0 Å². The van der Waals surface area contributed by atoms with Crippen molar-refractivity contribution >= 4 is 28.9 Å². The molecule has 0 aliphatic rings. The van der Waals surface area contributed by atoms with Crippen molar-refractivity contribution in [1.82, 2.24) is 4.37 Å². The van der Waals surface area contributed by atoms with Crippen LogP contribution in [0.25, 0.3) is 0 Å². The van der Waals surface area contributed by atoms with Gasteiger partial charge in [-0.3, -0.25) is 9.59 Å². The summed E-state index contributed by atoms with van der Waals surface area (Å²) in [5.74, 6) is -0.922. The van der Waals surface area contributed by atoms with Crippen LogP contribution < -0.4 is 11.5 Å². The van der Waals surface area contributed by atoms with Crippen molar-refractivity contribution in [3.05, 3.63) is 10.6 Å². The fourth-order valence-electron chi connectivity index (χ4n) is 0.729. The molecule has 0 bridgehead atoms. The van der Waals surface area contributed by atoms with Gasteiger partial charge in [0.2, 0.25) is 0 Å². The fraction of sp³-hybridized carbons (Fsp3) is 0.167. The first kappa shape index (κ1) is 8.66. The van der Waals surface area contributed by atoms with Crippen LogP contribution in [0.1, 0.15) is 27.1 Å². The molecule has 1 amide bonds. The SMILES string of the molecule is CC(=O)c1snc(C(N)=O)c1N. The lowest BCUT2D eigenvalue weighted by molar-refractivity contribution is 0.0996. The molecule has 12 heavy (non-hydrogen) atoms. The van der Waals surface area contributed by atoms with E-state index in [-0.39, 0.29) is 22.0 Å². The number of carbonyl (C=O) groups excluding carboxylic acids is 2. The summed E-state index contributed by atoms with van der Waals surface area (Å²) in [6.07, 6.45) is 0. The summed E-state index contributed by atoms with van der Waals surface area (Å²) in [6, 6.07) is 0. The van der Waals surface area contributed by atoms with E-state index in [2.05, 4.69) is 4.37 Å². The number of primary amides is 1. The van der Waals surface area contributed by atoms with E-state index in [1.807, 2.05) is 0 Å². The van der Waals surface area contributed by atoms with Gasteiger partial charge in [0, 0.05) is 6.92 Å². The molecule has 0 aliphatic heterocycles. The summed E-state index contributed by atoms with van der Waals surface area (Å²) in [7, 11) is 0. The van der Waals surface area contributed by atoms with Crippen LogP contribution in [0.4, 0.5) is 5.69 Å². The number of ketones is 1. The van der Waals surface area contributed by atoms with E-state index in [0.717, 1.165) is 11.5 Å². The largest absolute Gasteiger partial charge is 0.395 e. The van der Waals surface area contributed by atoms with E-state index in [9.17, 15) is 9.59 Å². The standard InChI is InChI=1S/C6H7N3O2S/c1-2(10)5-3(7)4(6(8)11)9-12-5/h7H2,1H3,(H2,8,11). The van der Waals surface area contributed by atoms with Crippen LogP contribution in [0.3, 0.4) is 0 Å². The molecule has 64 valence electrons. The first-order chi connectivity index (χ1) is 5.54. The minimum atomic E-state index is -0.712. The van der Waals surface area contributed by atoms with Gasteiger partial charge in [0.1, 0.15) is 4.88 Å². The molecule has 6 heteroatoms. The quantitative estimate of drug-likeness (QED) is 0.635. The van der Waals surface area contributed by atoms with Gasteiger partial charge in [-0.15, -0.1) is 0 Å². The molecule has 0 saturated carbocycles. The first-order valence-electron chi connectivity index (χ1n) is 3.10. The highest BCUT2D eigenvalue weighted by molar-refractivity contribution is 7.09. The van der Waals surface area contributed by atoms with Crippen molar-refractivity contribution in [3.63, 3.8) is 0 Å². The third kappa shape index (κ3) is 1.28. The Bertz CT molecular complexity index is 313. The molecule has 0 atom stereocenters. The second kappa shape index (κ2) is 2.90. The number of rotatable bonds is 2. The Morgan fingerprint density at radius 1 is 1.50 bits per heavy atom. The highest BCUT2D eigenvalue weighted by Gasteiger charge is 2.17. The fourth-order valence-corrected chi connectivity index (χ4v) is 1.42. The van der Waals surface area contributed by atoms with E-state index in [0.29, 0.717) is 0 Å². The Balaban J connectivity index is 3.22. The molecule has 0 saturated heterocycles. The summed E-state index contributed by atoms with van der Waals surface area (Å²) in [4.78, 5) is 21.8. The maximum absolute atomic E-state index is 10.8. The van der Waals surface area contributed by atoms with E-state index >= 15 is 0 Å². The van der Waals surface area contributed by atoms with Gasteiger partial charge < -0.3 is 11.5 Å². The number of nitrogens with zero attached hydrogens (tertiary/aromatic N) is 1. The minimum absolute atomic E-state index is 0.0230. The smallest absolute Gasteiger partial charge is 0.270 e. The predicted molar refractivity (Wildman–Crippen MR) is 45.0 cm³/mol. The van der Waals surface area contributed by atoms with E-state index < -0.39 is 5.91 Å². The van der Waals surface area contributed by atoms with E-state index in [1.54, 1.807) is 0 Å². The summed E-state index contributed by atoms with van der Waals surface area (Å²) in [6.45, 7) is 1.36. The van der Waals surface area contributed by atoms with Crippen LogP contribution in [0.2, 0.25) is 0 Å². The van der Waals surface area contributed by atoms with E-state index in [4.69, 9.17) is 11.5 Å². The maximum atomic E-state index is 10.8. The number of aromatic nitrogens is 1. The monoisotopic (exact) mass is 185 g/mol. The third-order valence-electron chi connectivity index (χ3n) is 1.28. The number of nitrogens with two attached hydrogens (primary N) is 2. The van der Waals surface area contributed by atoms with Crippen LogP contribution in [0.5, 0.6) is 0 Å². The first-order valence-corrected chi connectivity index (χ1v) is 3.87. The van der Waals surface area contributed by atoms with Gasteiger partial charge in [0.05, 0.1) is 5.69 Å². The molecule has 0 radical (unpaired) electrons. The average molecular weight is 185 g/mol. The Hall–Kier alpha value is -1.43. The topological polar surface area (TPSA) is 99.1 Å². The second-order valence-corrected chi connectivity index (χ2v) is 2.97. The highest BCUT2D eigenvalue weighted by Crippen LogP contribution is 2.21.